The lowest BCUT2D eigenvalue weighted by molar-refractivity contribution is -0.128. The number of hydrogen-bond acceptors (Lipinski definition) is 5. The summed E-state index contributed by atoms with van der Waals surface area (Å²) < 4.78 is 4.78. The van der Waals surface area contributed by atoms with E-state index in [0.717, 1.165) is 10.4 Å². The first-order valence-corrected chi connectivity index (χ1v) is 7.97. The van der Waals surface area contributed by atoms with Crippen molar-refractivity contribution in [1.82, 2.24) is 4.90 Å². The van der Waals surface area contributed by atoms with Gasteiger partial charge in [-0.3, -0.25) is 9.59 Å². The van der Waals surface area contributed by atoms with E-state index in [9.17, 15) is 14.4 Å². The van der Waals surface area contributed by atoms with Crippen molar-refractivity contribution < 1.29 is 19.1 Å². The molecule has 2 rings (SSSR count). The van der Waals surface area contributed by atoms with Crippen molar-refractivity contribution in [3.8, 4) is 0 Å². The van der Waals surface area contributed by atoms with E-state index in [1.807, 2.05) is 20.8 Å². The molecule has 1 N–H and O–H groups in total. The molecule has 6 nitrogen and oxygen atoms in total. The standard InChI is InChI=1S/C15H20N2O4S/c1-5-17-7-10(6-11(17)18)13(19)16-14-12(15(20)21-4)8(2)9(3)22-14/h10H,5-7H2,1-4H3,(H,16,19)/t10-/m1/s1. The van der Waals surface area contributed by atoms with Gasteiger partial charge in [-0.15, -0.1) is 11.3 Å². The highest BCUT2D eigenvalue weighted by Gasteiger charge is 2.34. The number of methoxy groups -OCH3 is 1. The molecule has 2 heterocycles. The van der Waals surface area contributed by atoms with E-state index < -0.39 is 5.97 Å². The summed E-state index contributed by atoms with van der Waals surface area (Å²) in [5.74, 6) is -1.07. The number of thiophene rings is 1. The largest absolute Gasteiger partial charge is 0.465 e. The van der Waals surface area contributed by atoms with E-state index in [1.54, 1.807) is 4.90 Å². The van der Waals surface area contributed by atoms with Crippen LogP contribution in [0.1, 0.15) is 34.1 Å². The van der Waals surface area contributed by atoms with Crippen LogP contribution in [0.5, 0.6) is 0 Å². The minimum absolute atomic E-state index is 0.00520. The Morgan fingerprint density at radius 3 is 2.64 bits per heavy atom. The molecule has 1 aromatic rings. The van der Waals surface area contributed by atoms with Gasteiger partial charge in [-0.2, -0.15) is 0 Å². The number of amides is 2. The highest BCUT2D eigenvalue weighted by molar-refractivity contribution is 7.16. The van der Waals surface area contributed by atoms with Crippen molar-refractivity contribution >= 4 is 34.1 Å². The highest BCUT2D eigenvalue weighted by Crippen LogP contribution is 2.33. The van der Waals surface area contributed by atoms with Crippen molar-refractivity contribution in [3.05, 3.63) is 16.0 Å². The van der Waals surface area contributed by atoms with E-state index in [-0.39, 0.29) is 24.2 Å². The van der Waals surface area contributed by atoms with Crippen LogP contribution >= 0.6 is 11.3 Å². The second kappa shape index (κ2) is 6.48. The number of aryl methyl sites for hydroxylation is 1. The van der Waals surface area contributed by atoms with Gasteiger partial charge in [0.25, 0.3) is 0 Å². The molecule has 0 aliphatic carbocycles. The number of hydrogen-bond donors (Lipinski definition) is 1. The molecule has 0 aromatic carbocycles. The molecule has 1 saturated heterocycles. The summed E-state index contributed by atoms with van der Waals surface area (Å²) in [5, 5.41) is 3.29. The maximum Gasteiger partial charge on any atom is 0.341 e. The Bertz CT molecular complexity index is 623. The van der Waals surface area contributed by atoms with E-state index in [4.69, 9.17) is 4.74 Å². The maximum absolute atomic E-state index is 12.4. The van der Waals surface area contributed by atoms with E-state index >= 15 is 0 Å². The van der Waals surface area contributed by atoms with Gasteiger partial charge in [0, 0.05) is 24.4 Å². The van der Waals surface area contributed by atoms with Crippen LogP contribution < -0.4 is 5.32 Å². The van der Waals surface area contributed by atoms with Gasteiger partial charge < -0.3 is 15.0 Å². The fraction of sp³-hybridized carbons (Fsp3) is 0.533. The summed E-state index contributed by atoms with van der Waals surface area (Å²) in [7, 11) is 1.31. The van der Waals surface area contributed by atoms with Crippen molar-refractivity contribution in [3.63, 3.8) is 0 Å². The van der Waals surface area contributed by atoms with Crippen molar-refractivity contribution in [2.75, 3.05) is 25.5 Å². The molecule has 7 heteroatoms. The zero-order valence-corrected chi connectivity index (χ0v) is 14.0. The fourth-order valence-corrected chi connectivity index (χ4v) is 3.58. The summed E-state index contributed by atoms with van der Waals surface area (Å²) in [6.45, 7) is 6.64. The number of carbonyl (C=O) groups excluding carboxylic acids is 3. The zero-order chi connectivity index (χ0) is 16.4. The second-order valence-electron chi connectivity index (χ2n) is 5.30. The Morgan fingerprint density at radius 2 is 2.09 bits per heavy atom. The lowest BCUT2D eigenvalue weighted by Gasteiger charge is -2.13. The molecule has 0 spiro atoms. The quantitative estimate of drug-likeness (QED) is 0.859. The first-order chi connectivity index (χ1) is 10.4. The van der Waals surface area contributed by atoms with Gasteiger partial charge in [0.05, 0.1) is 18.6 Å². The summed E-state index contributed by atoms with van der Waals surface area (Å²) in [4.78, 5) is 38.6. The number of nitrogens with one attached hydrogen (secondary N) is 1. The molecule has 0 saturated carbocycles. The number of likely N-dealkylation sites (tertiary alicyclic amines) is 1. The molecule has 1 aliphatic rings. The molecule has 22 heavy (non-hydrogen) atoms. The summed E-state index contributed by atoms with van der Waals surface area (Å²) in [5.41, 5.74) is 1.21. The Morgan fingerprint density at radius 1 is 1.41 bits per heavy atom. The Kier molecular flexibility index (Phi) is 4.85. The zero-order valence-electron chi connectivity index (χ0n) is 13.2. The molecule has 120 valence electrons. The first kappa shape index (κ1) is 16.5. The smallest absolute Gasteiger partial charge is 0.341 e. The molecular formula is C15H20N2O4S. The monoisotopic (exact) mass is 324 g/mol. The topological polar surface area (TPSA) is 75.7 Å². The van der Waals surface area contributed by atoms with Crippen LogP contribution in [0.4, 0.5) is 5.00 Å². The minimum atomic E-state index is -0.463. The predicted octanol–water partition coefficient (Wildman–Crippen LogP) is 1.96. The lowest BCUT2D eigenvalue weighted by Crippen LogP contribution is -2.28. The van der Waals surface area contributed by atoms with Gasteiger partial charge in [-0.1, -0.05) is 0 Å². The normalized spacial score (nSPS) is 17.7. The number of esters is 1. The third-order valence-corrected chi connectivity index (χ3v) is 5.10. The third-order valence-electron chi connectivity index (χ3n) is 3.98. The number of carbonyl (C=O) groups is 3. The lowest BCUT2D eigenvalue weighted by atomic mass is 10.1. The molecule has 1 fully saturated rings. The summed E-state index contributed by atoms with van der Waals surface area (Å²) >= 11 is 1.35. The summed E-state index contributed by atoms with van der Waals surface area (Å²) in [6, 6.07) is 0. The van der Waals surface area contributed by atoms with Crippen molar-refractivity contribution in [1.29, 1.82) is 0 Å². The molecular weight excluding hydrogens is 304 g/mol. The van der Waals surface area contributed by atoms with Gasteiger partial charge in [-0.25, -0.2) is 4.79 Å². The van der Waals surface area contributed by atoms with Crippen molar-refractivity contribution in [2.45, 2.75) is 27.2 Å². The van der Waals surface area contributed by atoms with E-state index in [1.165, 1.54) is 18.4 Å². The Labute approximate surface area is 133 Å². The van der Waals surface area contributed by atoms with Crippen LogP contribution in [0.25, 0.3) is 0 Å². The average molecular weight is 324 g/mol. The van der Waals surface area contributed by atoms with Gasteiger partial charge in [0.15, 0.2) is 0 Å². The predicted molar refractivity (Wildman–Crippen MR) is 84.1 cm³/mol. The number of anilines is 1. The number of ether oxygens (including phenoxy) is 1. The van der Waals surface area contributed by atoms with Crippen LogP contribution in [-0.4, -0.2) is 42.9 Å². The second-order valence-corrected chi connectivity index (χ2v) is 6.53. The van der Waals surface area contributed by atoms with Crippen LogP contribution in [0, 0.1) is 19.8 Å². The highest BCUT2D eigenvalue weighted by atomic mass is 32.1. The number of nitrogens with zero attached hydrogens (tertiary/aromatic N) is 1. The number of rotatable bonds is 4. The molecule has 0 radical (unpaired) electrons. The van der Waals surface area contributed by atoms with Gasteiger partial charge in [0.1, 0.15) is 5.00 Å². The molecule has 1 atom stereocenters. The minimum Gasteiger partial charge on any atom is -0.465 e. The van der Waals surface area contributed by atoms with Crippen LogP contribution in [0.15, 0.2) is 0 Å². The third kappa shape index (κ3) is 2.99. The Balaban J connectivity index is 2.18. The van der Waals surface area contributed by atoms with Crippen LogP contribution in [0.2, 0.25) is 0 Å². The van der Waals surface area contributed by atoms with Crippen molar-refractivity contribution in [2.24, 2.45) is 5.92 Å². The maximum atomic E-state index is 12.4. The molecule has 2 amide bonds. The first-order valence-electron chi connectivity index (χ1n) is 7.15. The van der Waals surface area contributed by atoms with Gasteiger partial charge >= 0.3 is 5.97 Å². The van der Waals surface area contributed by atoms with E-state index in [2.05, 4.69) is 5.32 Å². The molecule has 0 bridgehead atoms. The van der Waals surface area contributed by atoms with Gasteiger partial charge in [-0.05, 0) is 26.3 Å². The average Bonchev–Trinajstić information content (AvgIpc) is 2.99. The molecule has 0 unspecified atom stereocenters. The van der Waals surface area contributed by atoms with E-state index in [0.29, 0.717) is 23.7 Å². The van der Waals surface area contributed by atoms with Crippen LogP contribution in [0.3, 0.4) is 0 Å². The molecule has 1 aromatic heterocycles. The fourth-order valence-electron chi connectivity index (χ4n) is 2.53. The molecule has 1 aliphatic heterocycles. The Hall–Kier alpha value is -1.89. The summed E-state index contributed by atoms with van der Waals surface area (Å²) in [6.07, 6.45) is 0.219. The van der Waals surface area contributed by atoms with Gasteiger partial charge in [0.2, 0.25) is 11.8 Å². The SMILES string of the molecule is CCN1C[C@H](C(=O)Nc2sc(C)c(C)c2C(=O)OC)CC1=O. The van der Waals surface area contributed by atoms with Crippen LogP contribution in [-0.2, 0) is 14.3 Å².